The minimum atomic E-state index is -0.648. The summed E-state index contributed by atoms with van der Waals surface area (Å²) in [4.78, 5) is 27.9. The third-order valence-electron chi connectivity index (χ3n) is 3.54. The molecule has 7 nitrogen and oxygen atoms in total. The molecule has 0 spiro atoms. The van der Waals surface area contributed by atoms with Crippen molar-refractivity contribution in [3.63, 3.8) is 0 Å². The minimum Gasteiger partial charge on any atom is -0.494 e. The topological polar surface area (TPSA) is 82.4 Å². The molecule has 0 aliphatic carbocycles. The van der Waals surface area contributed by atoms with E-state index in [9.17, 15) is 9.59 Å². The van der Waals surface area contributed by atoms with Gasteiger partial charge in [0.05, 0.1) is 12.9 Å². The number of nitrogens with zero attached hydrogens (tertiary/aromatic N) is 2. The summed E-state index contributed by atoms with van der Waals surface area (Å²) < 4.78 is 12.4. The normalized spacial score (nSPS) is 11.6. The van der Waals surface area contributed by atoms with E-state index in [1.165, 1.54) is 17.1 Å². The van der Waals surface area contributed by atoms with Crippen LogP contribution in [0.3, 0.4) is 0 Å². The second kappa shape index (κ2) is 8.86. The van der Waals surface area contributed by atoms with Crippen LogP contribution in [0.2, 0.25) is 0 Å². The zero-order valence-electron chi connectivity index (χ0n) is 14.7. The highest BCUT2D eigenvalue weighted by molar-refractivity contribution is 5.80. The summed E-state index contributed by atoms with van der Waals surface area (Å²) in [5.41, 5.74) is 0.462. The van der Waals surface area contributed by atoms with Gasteiger partial charge < -0.3 is 14.8 Å². The molecule has 1 amide bonds. The lowest BCUT2D eigenvalue weighted by molar-refractivity contribution is -0.127. The molecule has 1 aromatic heterocycles. The van der Waals surface area contributed by atoms with Gasteiger partial charge in [-0.2, -0.15) is 0 Å². The highest BCUT2D eigenvalue weighted by Crippen LogP contribution is 2.18. The van der Waals surface area contributed by atoms with Crippen molar-refractivity contribution in [2.24, 2.45) is 0 Å². The van der Waals surface area contributed by atoms with Crippen LogP contribution in [0.1, 0.15) is 19.4 Å². The number of carbonyl (C=O) groups is 1. The molecule has 25 heavy (non-hydrogen) atoms. The van der Waals surface area contributed by atoms with E-state index in [2.05, 4.69) is 10.3 Å². The van der Waals surface area contributed by atoms with Gasteiger partial charge in [0.15, 0.2) is 6.10 Å². The molecule has 0 fully saturated rings. The molecule has 0 radical (unpaired) electrons. The van der Waals surface area contributed by atoms with Crippen molar-refractivity contribution in [3.05, 3.63) is 52.7 Å². The summed E-state index contributed by atoms with van der Waals surface area (Å²) in [6.07, 6.45) is 2.33. The molecule has 1 heterocycles. The van der Waals surface area contributed by atoms with Crippen LogP contribution < -0.4 is 20.3 Å². The zero-order chi connectivity index (χ0) is 18.2. The molecule has 2 aromatic rings. The predicted molar refractivity (Wildman–Crippen MR) is 93.9 cm³/mol. The standard InChI is InChI=1S/C18H23N3O4/c1-4-24-15-5-7-16(8-6-15)25-14(3)17(22)20-9-10-21-12-19-11-13(2)18(21)23/h5-8,11-12,14H,4,9-10H2,1-3H3,(H,20,22). The highest BCUT2D eigenvalue weighted by atomic mass is 16.5. The molecule has 0 saturated heterocycles. The van der Waals surface area contributed by atoms with Gasteiger partial charge in [0.1, 0.15) is 11.5 Å². The van der Waals surface area contributed by atoms with Crippen LogP contribution in [0.15, 0.2) is 41.6 Å². The molecule has 0 aliphatic heterocycles. The van der Waals surface area contributed by atoms with Gasteiger partial charge in [-0.25, -0.2) is 4.98 Å². The average Bonchev–Trinajstić information content (AvgIpc) is 2.60. The maximum atomic E-state index is 12.1. The van der Waals surface area contributed by atoms with E-state index < -0.39 is 6.10 Å². The molecule has 1 atom stereocenters. The zero-order valence-corrected chi connectivity index (χ0v) is 14.7. The van der Waals surface area contributed by atoms with E-state index in [1.807, 2.05) is 6.92 Å². The minimum absolute atomic E-state index is 0.108. The third-order valence-corrected chi connectivity index (χ3v) is 3.54. The summed E-state index contributed by atoms with van der Waals surface area (Å²) in [7, 11) is 0. The number of hydrogen-bond donors (Lipinski definition) is 1. The second-order valence-electron chi connectivity index (χ2n) is 5.53. The Hall–Kier alpha value is -2.83. The number of aromatic nitrogens is 2. The van der Waals surface area contributed by atoms with Crippen molar-refractivity contribution >= 4 is 5.91 Å². The van der Waals surface area contributed by atoms with E-state index in [-0.39, 0.29) is 11.5 Å². The molecule has 7 heteroatoms. The maximum Gasteiger partial charge on any atom is 0.260 e. The van der Waals surface area contributed by atoms with Gasteiger partial charge in [-0.1, -0.05) is 0 Å². The van der Waals surface area contributed by atoms with Gasteiger partial charge in [0, 0.05) is 24.8 Å². The van der Waals surface area contributed by atoms with Gasteiger partial charge in [0.2, 0.25) is 0 Å². The Morgan fingerprint density at radius 2 is 1.96 bits per heavy atom. The van der Waals surface area contributed by atoms with Crippen molar-refractivity contribution in [3.8, 4) is 11.5 Å². The average molecular weight is 345 g/mol. The predicted octanol–water partition coefficient (Wildman–Crippen LogP) is 1.53. The van der Waals surface area contributed by atoms with Crippen LogP contribution in [0.25, 0.3) is 0 Å². The lowest BCUT2D eigenvalue weighted by atomic mass is 10.3. The molecule has 0 saturated carbocycles. The summed E-state index contributed by atoms with van der Waals surface area (Å²) >= 11 is 0. The van der Waals surface area contributed by atoms with Crippen LogP contribution in [-0.4, -0.2) is 34.7 Å². The van der Waals surface area contributed by atoms with E-state index in [4.69, 9.17) is 9.47 Å². The fourth-order valence-corrected chi connectivity index (χ4v) is 2.20. The third kappa shape index (κ3) is 5.34. The maximum absolute atomic E-state index is 12.1. The van der Waals surface area contributed by atoms with Gasteiger partial charge in [-0.15, -0.1) is 0 Å². The fraction of sp³-hybridized carbons (Fsp3) is 0.389. The molecule has 1 aromatic carbocycles. The Morgan fingerprint density at radius 1 is 1.28 bits per heavy atom. The van der Waals surface area contributed by atoms with Crippen LogP contribution in [-0.2, 0) is 11.3 Å². The SMILES string of the molecule is CCOc1ccc(OC(C)C(=O)NCCn2cncc(C)c2=O)cc1. The Bertz CT molecular complexity index is 756. The van der Waals surface area contributed by atoms with E-state index in [0.29, 0.717) is 31.0 Å². The van der Waals surface area contributed by atoms with Crippen LogP contribution >= 0.6 is 0 Å². The number of benzene rings is 1. The number of rotatable bonds is 8. The monoisotopic (exact) mass is 345 g/mol. The first kappa shape index (κ1) is 18.5. The highest BCUT2D eigenvalue weighted by Gasteiger charge is 2.14. The van der Waals surface area contributed by atoms with Crippen LogP contribution in [0.4, 0.5) is 0 Å². The lowest BCUT2D eigenvalue weighted by Gasteiger charge is -2.15. The Morgan fingerprint density at radius 3 is 2.64 bits per heavy atom. The molecular weight excluding hydrogens is 322 g/mol. The van der Waals surface area contributed by atoms with E-state index in [1.54, 1.807) is 38.1 Å². The first-order chi connectivity index (χ1) is 12.0. The first-order valence-corrected chi connectivity index (χ1v) is 8.19. The molecule has 134 valence electrons. The Kier molecular flexibility index (Phi) is 6.56. The number of ether oxygens (including phenoxy) is 2. The van der Waals surface area contributed by atoms with Gasteiger partial charge in [-0.05, 0) is 45.0 Å². The fourth-order valence-electron chi connectivity index (χ4n) is 2.20. The number of carbonyl (C=O) groups excluding carboxylic acids is 1. The Balaban J connectivity index is 1.81. The van der Waals surface area contributed by atoms with E-state index in [0.717, 1.165) is 5.75 Å². The van der Waals surface area contributed by atoms with Crippen molar-refractivity contribution in [2.45, 2.75) is 33.4 Å². The molecule has 0 aliphatic rings. The van der Waals surface area contributed by atoms with Crippen molar-refractivity contribution in [1.82, 2.24) is 14.9 Å². The second-order valence-corrected chi connectivity index (χ2v) is 5.53. The summed E-state index contributed by atoms with van der Waals surface area (Å²) in [6.45, 7) is 6.56. The number of nitrogens with one attached hydrogen (secondary N) is 1. The molecule has 1 N–H and O–H groups in total. The first-order valence-electron chi connectivity index (χ1n) is 8.19. The molecule has 2 rings (SSSR count). The van der Waals surface area contributed by atoms with Gasteiger partial charge in [-0.3, -0.25) is 14.2 Å². The lowest BCUT2D eigenvalue weighted by Crippen LogP contribution is -2.39. The largest absolute Gasteiger partial charge is 0.494 e. The summed E-state index contributed by atoms with van der Waals surface area (Å²) in [5, 5.41) is 2.75. The van der Waals surface area contributed by atoms with Crippen LogP contribution in [0, 0.1) is 6.92 Å². The molecule has 0 bridgehead atoms. The smallest absolute Gasteiger partial charge is 0.260 e. The van der Waals surface area contributed by atoms with Crippen LogP contribution in [0.5, 0.6) is 11.5 Å². The summed E-state index contributed by atoms with van der Waals surface area (Å²) in [5.74, 6) is 1.09. The Labute approximate surface area is 146 Å². The molecule has 1 unspecified atom stereocenters. The molecular formula is C18H23N3O4. The van der Waals surface area contributed by atoms with Gasteiger partial charge in [0.25, 0.3) is 11.5 Å². The summed E-state index contributed by atoms with van der Waals surface area (Å²) in [6, 6.07) is 7.10. The van der Waals surface area contributed by atoms with Crippen molar-refractivity contribution < 1.29 is 14.3 Å². The number of amides is 1. The van der Waals surface area contributed by atoms with Crippen molar-refractivity contribution in [2.75, 3.05) is 13.2 Å². The number of aryl methyl sites for hydroxylation is 1. The number of hydrogen-bond acceptors (Lipinski definition) is 5. The quantitative estimate of drug-likeness (QED) is 0.785. The van der Waals surface area contributed by atoms with Crippen molar-refractivity contribution in [1.29, 1.82) is 0 Å². The van der Waals surface area contributed by atoms with E-state index >= 15 is 0 Å². The van der Waals surface area contributed by atoms with Gasteiger partial charge >= 0.3 is 0 Å².